The van der Waals surface area contributed by atoms with E-state index in [-0.39, 0.29) is 147 Å². The van der Waals surface area contributed by atoms with Gasteiger partial charge >= 0.3 is 17.9 Å². The van der Waals surface area contributed by atoms with Crippen molar-refractivity contribution >= 4 is 87.1 Å². The monoisotopic (exact) mass is 1930 g/mol. The zero-order chi connectivity index (χ0) is 95.1. The maximum atomic E-state index is 14.5. The molecule has 0 unspecified atom stereocenters. The van der Waals surface area contributed by atoms with Crippen LogP contribution in [0.3, 0.4) is 0 Å². The fraction of sp³-hybridized carbons (Fsp3) is 0.689. The normalized spacial score (nSPS) is 30.2. The van der Waals surface area contributed by atoms with Crippen molar-refractivity contribution in [3.8, 4) is 34.9 Å². The molecular weight excluding hydrogens is 1790 g/mol. The third-order valence-electron chi connectivity index (χ3n) is 31.3. The van der Waals surface area contributed by atoms with E-state index in [0.29, 0.717) is 120 Å². The predicted molar refractivity (Wildman–Crippen MR) is 504 cm³/mol. The standard InChI is InChI=1S/C37H51N3O6.C35H48N3O6.C34H46N3O6.2V/c1-7-25-31-20-40(33(25)21(2)41)36(43)27(37(3,4)5)19-32(42)46-34-23-14-13-22(17-23)26(34)11-9-8-10-12-29-35(45-31)39-30-18-24(44-6)15-16-28(30)38-29;1-7-24-29(21-39)38-20-30(24)43-32-27(36-26-16-15-23(42-6)18-28(26)37-32)14-10-8-9-12-22-13-11-17-35(22,5)44-31(40)19-25(33(38)41)34(2,3)4;1-6-23-28(20-38)37-19-30(23)43-32-26(35-25-16-15-22(41-5)17-27(25)36-32)13-9-7-8-11-21-12-10-14-29(21)42-31(39)18-24(33(37)40)34(2,3)4;;/h15-16,18,22-23,25-27,31,33-34H,7-14,17,19-20H2,1-6H3;15-16,18,22,24-25,29-30H,7-14,17,19-20H2,1-6H3;15-17,21,23-24,28-30H,6-14,18-19H2,1-5H3;;/q;2*-1;;/t22-,23+,25-,26-,27-,31+,33-,34-;22-,24+,25-,29-,30+,35-;21-,23+,24-,28-,29-,30+;;/m111../s1. The molecule has 16 rings (SSSR count). The summed E-state index contributed by atoms with van der Waals surface area (Å²) in [6, 6.07) is 14.7. The average molecular weight is 1940 g/mol. The number of ketones is 1. The van der Waals surface area contributed by atoms with Gasteiger partial charge in [0.05, 0.1) is 117 Å². The van der Waals surface area contributed by atoms with Crippen LogP contribution in [0.1, 0.15) is 287 Å². The number of hydrogen-bond acceptors (Lipinski definition) is 24. The number of aromatic nitrogens is 6. The molecule has 27 nitrogen and oxygen atoms in total. The molecule has 3 aromatic heterocycles. The van der Waals surface area contributed by atoms with Crippen LogP contribution in [0.25, 0.3) is 33.1 Å². The molecule has 6 aliphatic heterocycles. The van der Waals surface area contributed by atoms with Gasteiger partial charge in [-0.05, 0) is 230 Å². The molecule has 734 valence electrons. The molecule has 3 amide bonds. The molecule has 4 aliphatic carbocycles. The summed E-state index contributed by atoms with van der Waals surface area (Å²) in [4.78, 5) is 156. The first kappa shape index (κ1) is 105. The summed E-state index contributed by atoms with van der Waals surface area (Å²) in [7, 11) is 4.86. The molecule has 4 saturated carbocycles. The van der Waals surface area contributed by atoms with Gasteiger partial charge in [0, 0.05) is 61.2 Å². The van der Waals surface area contributed by atoms with Crippen LogP contribution in [0.2, 0.25) is 0 Å². The number of aryl methyl sites for hydroxylation is 3. The Morgan fingerprint density at radius 3 is 1.25 bits per heavy atom. The number of carbonyl (C=O) groups is 7. The molecule has 29 heteroatoms. The van der Waals surface area contributed by atoms with E-state index in [2.05, 4.69) is 19.5 Å². The first-order chi connectivity index (χ1) is 63.6. The van der Waals surface area contributed by atoms with Crippen molar-refractivity contribution in [2.75, 3.05) is 41.0 Å². The Morgan fingerprint density at radius 2 is 0.822 bits per heavy atom. The fourth-order valence-electron chi connectivity index (χ4n) is 23.6. The minimum absolute atomic E-state index is 0. The predicted octanol–water partition coefficient (Wildman–Crippen LogP) is 18.0. The second-order valence-electron chi connectivity index (χ2n) is 43.0. The van der Waals surface area contributed by atoms with Crippen LogP contribution in [0.5, 0.6) is 34.9 Å². The minimum Gasteiger partial charge on any atom is -0.540 e. The van der Waals surface area contributed by atoms with Gasteiger partial charge in [-0.2, -0.15) is 0 Å². The van der Waals surface area contributed by atoms with E-state index in [4.69, 9.17) is 72.5 Å². The van der Waals surface area contributed by atoms with Gasteiger partial charge in [0.25, 0.3) is 0 Å². The SMILES string of the molecule is CC[C@@H]1[C@@H]2CN(C(=O)[C@H](C(C)(C)C)CC(=O)O[C@@H]3CCC[C@H]3CCCCCc3nc4ccc(OC)cc4nc3O2)[C@@H]1[C-]=O.CC[C@@H]1[C@@H]2CN(C(=O)[C@H](C(C)(C)C)CC(=O)O[C@@H]3[C@H]4CC[C@H](C4)[C@H]3CCCCCc3nc4ccc(OC)cc4nc3O2)[C@@H]1C(C)=O.CC[C@@H]1[C@@H]2CN(C(=O)[C@H](C(C)(C)C)CC(=O)O[C@]3(C)CCC[C@H]3CCCCCc3nc4ccc(OC)cc4nc3O2)[C@@H]1[C-]=O.[V].[V]. The van der Waals surface area contributed by atoms with Gasteiger partial charge in [0.15, 0.2) is 5.78 Å². The van der Waals surface area contributed by atoms with Crippen molar-refractivity contribution in [2.24, 2.45) is 81.3 Å². The molecule has 9 heterocycles. The fourth-order valence-corrected chi connectivity index (χ4v) is 23.6. The number of methoxy groups -OCH3 is 3. The number of amides is 3. The third kappa shape index (κ3) is 24.1. The number of fused-ring (bicyclic) bond motifs is 19. The summed E-state index contributed by atoms with van der Waals surface area (Å²) in [5.41, 5.74) is 4.60. The van der Waals surface area contributed by atoms with Crippen LogP contribution in [-0.2, 0) is 114 Å². The van der Waals surface area contributed by atoms with E-state index >= 15 is 0 Å². The van der Waals surface area contributed by atoms with Gasteiger partial charge in [-0.3, -0.25) is 33.6 Å². The number of carbonyl (C=O) groups excluding carboxylic acids is 9. The first-order valence-corrected chi connectivity index (χ1v) is 49.9. The maximum Gasteiger partial charge on any atom is 0.307 e. The van der Waals surface area contributed by atoms with E-state index in [1.807, 2.05) is 138 Å². The Kier molecular flexibility index (Phi) is 35.6. The largest absolute Gasteiger partial charge is 0.540 e. The molecule has 20 atom stereocenters. The molecule has 8 bridgehead atoms. The smallest absolute Gasteiger partial charge is 0.307 e. The van der Waals surface area contributed by atoms with Crippen LogP contribution in [0.4, 0.5) is 0 Å². The number of rotatable bonds is 9. The first-order valence-electron chi connectivity index (χ1n) is 49.9. The van der Waals surface area contributed by atoms with E-state index in [1.165, 1.54) is 6.42 Å². The Hall–Kier alpha value is -8.52. The molecule has 6 aromatic rings. The van der Waals surface area contributed by atoms with E-state index in [0.717, 1.165) is 162 Å². The molecule has 0 N–H and O–H groups in total. The van der Waals surface area contributed by atoms with E-state index in [1.54, 1.807) is 43.0 Å². The van der Waals surface area contributed by atoms with Crippen molar-refractivity contribution in [2.45, 2.75) is 344 Å². The van der Waals surface area contributed by atoms with Gasteiger partial charge in [0.1, 0.15) is 70.5 Å². The summed E-state index contributed by atoms with van der Waals surface area (Å²) in [5, 5.41) is 0. The topological polar surface area (TPSA) is 324 Å². The Labute approximate surface area is 822 Å². The Balaban J connectivity index is 0.000000181. The van der Waals surface area contributed by atoms with Gasteiger partial charge in [-0.15, -0.1) is 0 Å². The van der Waals surface area contributed by atoms with Crippen molar-refractivity contribution in [1.82, 2.24) is 44.6 Å². The third-order valence-corrected chi connectivity index (χ3v) is 31.3. The molecule has 10 aliphatic rings. The minimum atomic E-state index is -0.783. The maximum absolute atomic E-state index is 14.5. The van der Waals surface area contributed by atoms with Crippen LogP contribution in [-0.4, -0.2) is 194 Å². The summed E-state index contributed by atoms with van der Waals surface area (Å²) in [6.07, 6.45) is 28.1. The van der Waals surface area contributed by atoms with E-state index in [9.17, 15) is 43.2 Å². The van der Waals surface area contributed by atoms with Gasteiger partial charge < -0.3 is 66.9 Å². The average Bonchev–Trinajstić information content (AvgIpc) is 1.65. The van der Waals surface area contributed by atoms with Crippen molar-refractivity contribution in [3.05, 3.63) is 71.7 Å². The molecule has 135 heavy (non-hydrogen) atoms. The molecule has 3 saturated heterocycles. The number of esters is 3. The van der Waals surface area contributed by atoms with Crippen molar-refractivity contribution in [1.29, 1.82) is 0 Å². The summed E-state index contributed by atoms with van der Waals surface area (Å²) in [5.74, 6) is 1.04. The number of benzene rings is 3. The van der Waals surface area contributed by atoms with Crippen molar-refractivity contribution in [3.63, 3.8) is 0 Å². The zero-order valence-corrected chi connectivity index (χ0v) is 85.6. The Morgan fingerprint density at radius 1 is 0.430 bits per heavy atom. The second kappa shape index (κ2) is 45.6. The molecule has 2 radical (unpaired) electrons. The van der Waals surface area contributed by atoms with Gasteiger partial charge in [-0.25, -0.2) is 42.5 Å². The Bertz CT molecular complexity index is 5170. The second-order valence-corrected chi connectivity index (χ2v) is 43.0. The summed E-state index contributed by atoms with van der Waals surface area (Å²) in [6.45, 7) is 28.0. The summed E-state index contributed by atoms with van der Waals surface area (Å²) < 4.78 is 54.8. The number of ether oxygens (including phenoxy) is 9. The van der Waals surface area contributed by atoms with Crippen molar-refractivity contribution < 1.29 is 123 Å². The van der Waals surface area contributed by atoms with Crippen LogP contribution >= 0.6 is 0 Å². The quantitative estimate of drug-likeness (QED) is 0.0737. The molecule has 7 fully saturated rings. The van der Waals surface area contributed by atoms with Gasteiger partial charge in [-0.1, -0.05) is 147 Å². The molecule has 0 spiro atoms. The number of nitrogens with zero attached hydrogens (tertiary/aromatic N) is 9. The van der Waals surface area contributed by atoms with Crippen LogP contribution < -0.4 is 28.4 Å². The number of hydrogen-bond donors (Lipinski definition) is 0. The van der Waals surface area contributed by atoms with Crippen LogP contribution in [0.15, 0.2) is 54.6 Å². The number of Topliss-reactive ketones (excluding diaryl/α,β-unsaturated/α-hetero) is 1. The molecular formula is C106H145N9O18V2-2. The molecule has 3 aromatic carbocycles. The van der Waals surface area contributed by atoms with Crippen LogP contribution in [0, 0.1) is 81.3 Å². The van der Waals surface area contributed by atoms with E-state index < -0.39 is 76.0 Å². The zero-order valence-electron chi connectivity index (χ0n) is 82.8. The van der Waals surface area contributed by atoms with Gasteiger partial charge in [0.2, 0.25) is 35.4 Å². The summed E-state index contributed by atoms with van der Waals surface area (Å²) >= 11 is 0.